The number of nitrogens with zero attached hydrogens (tertiary/aromatic N) is 2. The highest BCUT2D eigenvalue weighted by Crippen LogP contribution is 2.15. The van der Waals surface area contributed by atoms with Crippen molar-refractivity contribution in [1.29, 1.82) is 0 Å². The van der Waals surface area contributed by atoms with E-state index in [4.69, 9.17) is 0 Å². The second kappa shape index (κ2) is 2.65. The molecule has 2 heterocycles. The van der Waals surface area contributed by atoms with Crippen molar-refractivity contribution >= 4 is 11.0 Å². The van der Waals surface area contributed by atoms with Crippen molar-refractivity contribution in [3.05, 3.63) is 22.4 Å². The van der Waals surface area contributed by atoms with E-state index in [-0.39, 0.29) is 11.4 Å². The van der Waals surface area contributed by atoms with Crippen molar-refractivity contribution < 1.29 is 5.11 Å². The first-order valence-corrected chi connectivity index (χ1v) is 4.15. The minimum Gasteiger partial charge on any atom is -0.382 e. The zero-order valence-electron chi connectivity index (χ0n) is 7.83. The molecule has 6 heteroatoms. The second-order valence-corrected chi connectivity index (χ2v) is 3.59. The average molecular weight is 194 g/mol. The molecule has 74 valence electrons. The molecular formula is C8H10N4O2. The Kier molecular flexibility index (Phi) is 1.68. The van der Waals surface area contributed by atoms with Gasteiger partial charge in [-0.25, -0.2) is 9.97 Å². The summed E-state index contributed by atoms with van der Waals surface area (Å²) < 4.78 is 0. The van der Waals surface area contributed by atoms with Gasteiger partial charge in [-0.1, -0.05) is 0 Å². The first-order chi connectivity index (χ1) is 6.48. The molecule has 2 aromatic rings. The van der Waals surface area contributed by atoms with E-state index >= 15 is 0 Å². The van der Waals surface area contributed by atoms with Crippen molar-refractivity contribution in [2.75, 3.05) is 0 Å². The van der Waals surface area contributed by atoms with Gasteiger partial charge in [0, 0.05) is 6.20 Å². The molecule has 0 radical (unpaired) electrons. The maximum atomic E-state index is 11.1. The molecule has 0 aromatic carbocycles. The highest BCUT2D eigenvalue weighted by Gasteiger charge is 2.20. The van der Waals surface area contributed by atoms with Gasteiger partial charge in [-0.2, -0.15) is 0 Å². The number of H-pyrrole nitrogens is 2. The number of hydrogen-bond donors (Lipinski definition) is 3. The largest absolute Gasteiger partial charge is 0.382 e. The molecule has 14 heavy (non-hydrogen) atoms. The zero-order chi connectivity index (χ0) is 10.3. The van der Waals surface area contributed by atoms with Gasteiger partial charge in [0.2, 0.25) is 0 Å². The van der Waals surface area contributed by atoms with Crippen molar-refractivity contribution in [2.24, 2.45) is 0 Å². The van der Waals surface area contributed by atoms with Crippen molar-refractivity contribution in [1.82, 2.24) is 20.2 Å². The van der Waals surface area contributed by atoms with Crippen LogP contribution in [0.3, 0.4) is 0 Å². The zero-order valence-corrected chi connectivity index (χ0v) is 7.83. The van der Waals surface area contributed by atoms with E-state index in [0.29, 0.717) is 11.0 Å². The summed E-state index contributed by atoms with van der Waals surface area (Å²) in [4.78, 5) is 19.0. The van der Waals surface area contributed by atoms with Crippen LogP contribution in [0.4, 0.5) is 0 Å². The molecule has 0 aliphatic carbocycles. The number of nitrogens with one attached hydrogen (secondary N) is 2. The number of hydrogen-bond acceptors (Lipinski definition) is 4. The van der Waals surface area contributed by atoms with E-state index in [2.05, 4.69) is 20.2 Å². The van der Waals surface area contributed by atoms with Gasteiger partial charge in [0.15, 0.2) is 11.5 Å². The number of fused-ring (bicyclic) bond motifs is 1. The minimum absolute atomic E-state index is 0.262. The molecule has 0 amide bonds. The predicted octanol–water partition coefficient (Wildman–Crippen LogP) is -0.126. The number of aliphatic hydroxyl groups is 1. The predicted molar refractivity (Wildman–Crippen MR) is 49.8 cm³/mol. The van der Waals surface area contributed by atoms with Crippen molar-refractivity contribution in [3.63, 3.8) is 0 Å². The molecule has 0 aliphatic rings. The lowest BCUT2D eigenvalue weighted by Gasteiger charge is -2.14. The van der Waals surface area contributed by atoms with Crippen LogP contribution in [0.1, 0.15) is 19.7 Å². The van der Waals surface area contributed by atoms with E-state index in [1.54, 1.807) is 13.8 Å². The third-order valence-corrected chi connectivity index (χ3v) is 1.88. The summed E-state index contributed by atoms with van der Waals surface area (Å²) in [6.07, 6.45) is 1.39. The summed E-state index contributed by atoms with van der Waals surface area (Å²) in [6, 6.07) is 0. The van der Waals surface area contributed by atoms with E-state index in [9.17, 15) is 9.90 Å². The summed E-state index contributed by atoms with van der Waals surface area (Å²) >= 11 is 0. The van der Waals surface area contributed by atoms with E-state index in [1.807, 2.05) is 0 Å². The lowest BCUT2D eigenvalue weighted by atomic mass is 10.1. The summed E-state index contributed by atoms with van der Waals surface area (Å²) in [5.74, 6) is 0.278. The molecule has 0 saturated heterocycles. The SMILES string of the molecule is CC(C)(O)c1ncc2c(=O)[nH][nH]c2n1. The van der Waals surface area contributed by atoms with Gasteiger partial charge in [-0.05, 0) is 13.8 Å². The fourth-order valence-electron chi connectivity index (χ4n) is 1.12. The van der Waals surface area contributed by atoms with Crippen LogP contribution >= 0.6 is 0 Å². The van der Waals surface area contributed by atoms with Gasteiger partial charge in [-0.15, -0.1) is 0 Å². The van der Waals surface area contributed by atoms with Gasteiger partial charge in [0.05, 0.1) is 0 Å². The standard InChI is InChI=1S/C8H10N4O2/c1-8(2,14)7-9-3-4-5(10-7)11-12-6(4)13/h3,14H,1-2H3,(H2,9,10,11,12,13). The molecule has 6 nitrogen and oxygen atoms in total. The molecule has 0 saturated carbocycles. The molecule has 2 rings (SSSR count). The minimum atomic E-state index is -1.11. The first-order valence-electron chi connectivity index (χ1n) is 4.15. The Balaban J connectivity index is 2.69. The van der Waals surface area contributed by atoms with Crippen LogP contribution in [0.5, 0.6) is 0 Å². The second-order valence-electron chi connectivity index (χ2n) is 3.59. The molecule has 0 spiro atoms. The quantitative estimate of drug-likeness (QED) is 0.589. The van der Waals surface area contributed by atoms with Crippen molar-refractivity contribution in [2.45, 2.75) is 19.4 Å². The topological polar surface area (TPSA) is 94.7 Å². The summed E-state index contributed by atoms with van der Waals surface area (Å²) in [7, 11) is 0. The molecule has 3 N–H and O–H groups in total. The van der Waals surface area contributed by atoms with Crippen LogP contribution in [0.25, 0.3) is 11.0 Å². The molecule has 2 aromatic heterocycles. The average Bonchev–Trinajstić information content (AvgIpc) is 2.46. The third-order valence-electron chi connectivity index (χ3n) is 1.88. The molecule has 0 unspecified atom stereocenters. The highest BCUT2D eigenvalue weighted by atomic mass is 16.3. The normalized spacial score (nSPS) is 12.2. The Bertz CT molecular complexity index is 520. The Morgan fingerprint density at radius 1 is 1.43 bits per heavy atom. The fraction of sp³-hybridized carbons (Fsp3) is 0.375. The lowest BCUT2D eigenvalue weighted by Crippen LogP contribution is -2.19. The van der Waals surface area contributed by atoms with Crippen LogP contribution in [0.2, 0.25) is 0 Å². The first kappa shape index (κ1) is 8.89. The number of aromatic amines is 2. The maximum absolute atomic E-state index is 11.1. The van der Waals surface area contributed by atoms with Gasteiger partial charge >= 0.3 is 0 Å². The Hall–Kier alpha value is -1.69. The molecule has 0 bridgehead atoms. The Morgan fingerprint density at radius 2 is 2.14 bits per heavy atom. The van der Waals surface area contributed by atoms with Crippen molar-refractivity contribution in [3.8, 4) is 0 Å². The van der Waals surface area contributed by atoms with Gasteiger partial charge in [0.25, 0.3) is 5.56 Å². The molecule has 0 atom stereocenters. The van der Waals surface area contributed by atoms with Crippen LogP contribution < -0.4 is 5.56 Å². The Morgan fingerprint density at radius 3 is 2.79 bits per heavy atom. The molecule has 0 aliphatic heterocycles. The van der Waals surface area contributed by atoms with Crippen LogP contribution in [0, 0.1) is 0 Å². The van der Waals surface area contributed by atoms with E-state index in [1.165, 1.54) is 6.20 Å². The van der Waals surface area contributed by atoms with E-state index in [0.717, 1.165) is 0 Å². The van der Waals surface area contributed by atoms with Gasteiger partial charge < -0.3 is 5.11 Å². The van der Waals surface area contributed by atoms with Crippen LogP contribution in [0.15, 0.2) is 11.0 Å². The summed E-state index contributed by atoms with van der Waals surface area (Å²) in [6.45, 7) is 3.16. The maximum Gasteiger partial charge on any atom is 0.275 e. The number of rotatable bonds is 1. The Labute approximate surface area is 79.0 Å². The smallest absolute Gasteiger partial charge is 0.275 e. The van der Waals surface area contributed by atoms with Gasteiger partial charge in [-0.3, -0.25) is 15.0 Å². The van der Waals surface area contributed by atoms with Gasteiger partial charge in [0.1, 0.15) is 11.0 Å². The fourth-order valence-corrected chi connectivity index (χ4v) is 1.12. The summed E-state index contributed by atoms with van der Waals surface area (Å²) in [5.41, 5.74) is -0.966. The number of aromatic nitrogens is 4. The van der Waals surface area contributed by atoms with Crippen LogP contribution in [-0.2, 0) is 5.60 Å². The van der Waals surface area contributed by atoms with E-state index < -0.39 is 5.60 Å². The highest BCUT2D eigenvalue weighted by molar-refractivity contribution is 5.72. The van der Waals surface area contributed by atoms with Crippen LogP contribution in [-0.4, -0.2) is 25.3 Å². The lowest BCUT2D eigenvalue weighted by molar-refractivity contribution is 0.0690. The monoisotopic (exact) mass is 194 g/mol. The molecule has 0 fully saturated rings. The molecular weight excluding hydrogens is 184 g/mol. The summed E-state index contributed by atoms with van der Waals surface area (Å²) in [5, 5.41) is 15.0. The third kappa shape index (κ3) is 1.29.